The van der Waals surface area contributed by atoms with E-state index in [4.69, 9.17) is 0 Å². The van der Waals surface area contributed by atoms with Gasteiger partial charge in [-0.3, -0.25) is 4.18 Å². The third kappa shape index (κ3) is 3.59. The van der Waals surface area contributed by atoms with Crippen LogP contribution in [0.1, 0.15) is 5.01 Å². The predicted octanol–water partition coefficient (Wildman–Crippen LogP) is 0.626. The third-order valence-electron chi connectivity index (χ3n) is 0.872. The molecule has 5 nitrogen and oxygen atoms in total. The number of rotatable bonds is 3. The van der Waals surface area contributed by atoms with Crippen molar-refractivity contribution in [1.82, 2.24) is 4.98 Å². The predicted molar refractivity (Wildman–Crippen MR) is 47.7 cm³/mol. The molecule has 0 aliphatic rings. The van der Waals surface area contributed by atoms with Gasteiger partial charge < -0.3 is 0 Å². The van der Waals surface area contributed by atoms with E-state index >= 15 is 0 Å². The number of aromatic nitrogens is 1. The van der Waals surface area contributed by atoms with Gasteiger partial charge in [-0.05, 0) is 15.9 Å². The molecule has 1 rings (SSSR count). The van der Waals surface area contributed by atoms with Crippen molar-refractivity contribution in [2.75, 3.05) is 0 Å². The number of thiazole rings is 1. The zero-order valence-corrected chi connectivity index (χ0v) is 8.95. The van der Waals surface area contributed by atoms with Gasteiger partial charge in [0.05, 0.1) is 9.98 Å². The van der Waals surface area contributed by atoms with Crippen molar-refractivity contribution < 1.29 is 12.6 Å². The SMILES string of the molecule is NS(=O)(=O)OCc1ncc(Br)s1. The van der Waals surface area contributed by atoms with Crippen LogP contribution < -0.4 is 5.14 Å². The Kier molecular flexibility index (Phi) is 3.18. The quantitative estimate of drug-likeness (QED) is 0.875. The van der Waals surface area contributed by atoms with E-state index in [2.05, 4.69) is 30.2 Å². The van der Waals surface area contributed by atoms with Crippen LogP contribution in [0.15, 0.2) is 9.98 Å². The normalized spacial score (nSPS) is 11.8. The van der Waals surface area contributed by atoms with Crippen LogP contribution in [0.25, 0.3) is 0 Å². The molecule has 1 aromatic rings. The first-order valence-electron chi connectivity index (χ1n) is 2.75. The van der Waals surface area contributed by atoms with Crippen molar-refractivity contribution in [3.8, 4) is 0 Å². The highest BCUT2D eigenvalue weighted by Crippen LogP contribution is 2.19. The molecule has 68 valence electrons. The maximum Gasteiger partial charge on any atom is 0.333 e. The van der Waals surface area contributed by atoms with Crippen LogP contribution >= 0.6 is 27.3 Å². The van der Waals surface area contributed by atoms with Crippen LogP contribution in [0.5, 0.6) is 0 Å². The Morgan fingerprint density at radius 2 is 2.42 bits per heavy atom. The molecule has 0 aliphatic heterocycles. The minimum Gasteiger partial charge on any atom is -0.251 e. The molecule has 0 aromatic carbocycles. The topological polar surface area (TPSA) is 82.3 Å². The summed E-state index contributed by atoms with van der Waals surface area (Å²) in [6.07, 6.45) is 1.56. The molecule has 0 saturated carbocycles. The number of hydrogen-bond donors (Lipinski definition) is 1. The lowest BCUT2D eigenvalue weighted by Gasteiger charge is -1.95. The van der Waals surface area contributed by atoms with Gasteiger partial charge in [0, 0.05) is 0 Å². The molecule has 0 unspecified atom stereocenters. The first-order chi connectivity index (χ1) is 5.47. The van der Waals surface area contributed by atoms with Gasteiger partial charge in [0.1, 0.15) is 11.6 Å². The van der Waals surface area contributed by atoms with E-state index in [1.807, 2.05) is 0 Å². The Morgan fingerprint density at radius 1 is 1.75 bits per heavy atom. The van der Waals surface area contributed by atoms with Crippen LogP contribution in [-0.4, -0.2) is 13.4 Å². The van der Waals surface area contributed by atoms with E-state index in [1.165, 1.54) is 11.3 Å². The summed E-state index contributed by atoms with van der Waals surface area (Å²) in [6.45, 7) is -0.116. The van der Waals surface area contributed by atoms with Gasteiger partial charge in [-0.2, -0.15) is 8.42 Å². The molecule has 0 atom stereocenters. The summed E-state index contributed by atoms with van der Waals surface area (Å²) in [5.74, 6) is 0. The maximum atomic E-state index is 10.3. The molecule has 12 heavy (non-hydrogen) atoms. The van der Waals surface area contributed by atoms with Crippen molar-refractivity contribution in [2.45, 2.75) is 6.61 Å². The van der Waals surface area contributed by atoms with Crippen molar-refractivity contribution >= 4 is 37.6 Å². The fraction of sp³-hybridized carbons (Fsp3) is 0.250. The van der Waals surface area contributed by atoms with Crippen molar-refractivity contribution in [1.29, 1.82) is 0 Å². The largest absolute Gasteiger partial charge is 0.333 e. The Hall–Kier alpha value is -0.0200. The summed E-state index contributed by atoms with van der Waals surface area (Å²) in [5.41, 5.74) is 0. The summed E-state index contributed by atoms with van der Waals surface area (Å²) in [4.78, 5) is 3.85. The maximum absolute atomic E-state index is 10.3. The van der Waals surface area contributed by atoms with Gasteiger partial charge in [-0.25, -0.2) is 10.1 Å². The first-order valence-corrected chi connectivity index (χ1v) is 5.83. The van der Waals surface area contributed by atoms with Crippen LogP contribution in [0.4, 0.5) is 0 Å². The standard InChI is InChI=1S/C4H5BrN2O3S2/c5-3-1-7-4(11-3)2-10-12(6,8)9/h1H,2H2,(H2,6,8,9). The van der Waals surface area contributed by atoms with Gasteiger partial charge in [0.2, 0.25) is 0 Å². The Bertz CT molecular complexity index is 360. The molecule has 2 N–H and O–H groups in total. The molecule has 0 fully saturated rings. The van der Waals surface area contributed by atoms with Crippen LogP contribution in [0.2, 0.25) is 0 Å². The van der Waals surface area contributed by atoms with Crippen molar-refractivity contribution in [2.24, 2.45) is 5.14 Å². The fourth-order valence-corrected chi connectivity index (χ4v) is 2.05. The molecule has 0 amide bonds. The minimum atomic E-state index is -3.86. The molecule has 0 radical (unpaired) electrons. The Morgan fingerprint density at radius 3 is 2.83 bits per heavy atom. The Labute approximate surface area is 81.9 Å². The number of nitrogens with two attached hydrogens (primary N) is 1. The van der Waals surface area contributed by atoms with E-state index in [9.17, 15) is 8.42 Å². The third-order valence-corrected chi connectivity index (χ3v) is 2.77. The van der Waals surface area contributed by atoms with Gasteiger partial charge >= 0.3 is 10.3 Å². The molecule has 0 spiro atoms. The molecular formula is C4H5BrN2O3S2. The van der Waals surface area contributed by atoms with Crippen molar-refractivity contribution in [3.05, 3.63) is 15.0 Å². The van der Waals surface area contributed by atoms with E-state index < -0.39 is 10.3 Å². The lowest BCUT2D eigenvalue weighted by molar-refractivity contribution is 0.308. The average molecular weight is 273 g/mol. The number of halogens is 1. The monoisotopic (exact) mass is 272 g/mol. The van der Waals surface area contributed by atoms with Gasteiger partial charge in [-0.15, -0.1) is 11.3 Å². The highest BCUT2D eigenvalue weighted by atomic mass is 79.9. The minimum absolute atomic E-state index is 0.116. The molecule has 0 bridgehead atoms. The highest BCUT2D eigenvalue weighted by molar-refractivity contribution is 9.11. The summed E-state index contributed by atoms with van der Waals surface area (Å²) in [7, 11) is -3.86. The lowest BCUT2D eigenvalue weighted by atomic mass is 10.8. The van der Waals surface area contributed by atoms with E-state index in [0.717, 1.165) is 3.79 Å². The average Bonchev–Trinajstić information content (AvgIpc) is 2.30. The second kappa shape index (κ2) is 3.79. The molecule has 0 aliphatic carbocycles. The molecular weight excluding hydrogens is 268 g/mol. The van der Waals surface area contributed by atoms with Crippen LogP contribution in [0, 0.1) is 0 Å². The van der Waals surface area contributed by atoms with Crippen molar-refractivity contribution in [3.63, 3.8) is 0 Å². The van der Waals surface area contributed by atoms with Crippen LogP contribution in [-0.2, 0) is 21.1 Å². The van der Waals surface area contributed by atoms with Gasteiger partial charge in [0.15, 0.2) is 0 Å². The van der Waals surface area contributed by atoms with E-state index in [-0.39, 0.29) is 6.61 Å². The zero-order chi connectivity index (χ0) is 9.19. The summed E-state index contributed by atoms with van der Waals surface area (Å²) < 4.78 is 25.8. The summed E-state index contributed by atoms with van der Waals surface area (Å²) in [6, 6.07) is 0. The van der Waals surface area contributed by atoms with Gasteiger partial charge in [-0.1, -0.05) is 0 Å². The first kappa shape index (κ1) is 10.1. The fourth-order valence-electron chi connectivity index (χ4n) is 0.487. The summed E-state index contributed by atoms with van der Waals surface area (Å²) in [5, 5.41) is 5.16. The van der Waals surface area contributed by atoms with E-state index in [1.54, 1.807) is 6.20 Å². The summed E-state index contributed by atoms with van der Waals surface area (Å²) >= 11 is 4.46. The molecule has 0 saturated heterocycles. The highest BCUT2D eigenvalue weighted by Gasteiger charge is 2.05. The molecule has 1 aromatic heterocycles. The molecule has 8 heteroatoms. The second-order valence-corrected chi connectivity index (χ2v) is 5.53. The Balaban J connectivity index is 2.55. The van der Waals surface area contributed by atoms with E-state index in [0.29, 0.717) is 5.01 Å². The van der Waals surface area contributed by atoms with Crippen LogP contribution in [0.3, 0.4) is 0 Å². The number of hydrogen-bond acceptors (Lipinski definition) is 5. The zero-order valence-electron chi connectivity index (χ0n) is 5.73. The smallest absolute Gasteiger partial charge is 0.251 e. The van der Waals surface area contributed by atoms with Gasteiger partial charge in [0.25, 0.3) is 0 Å². The molecule has 1 heterocycles. The second-order valence-electron chi connectivity index (χ2n) is 1.81. The number of nitrogens with zero attached hydrogens (tertiary/aromatic N) is 1. The lowest BCUT2D eigenvalue weighted by Crippen LogP contribution is -2.15.